The second-order valence-electron chi connectivity index (χ2n) is 4.50. The second kappa shape index (κ2) is 7.48. The Morgan fingerprint density at radius 1 is 0.905 bits per heavy atom. The van der Waals surface area contributed by atoms with Crippen molar-refractivity contribution in [3.8, 4) is 0 Å². The Balaban J connectivity index is 2.53. The number of ketones is 1. The number of pyridine rings is 1. The van der Waals surface area contributed by atoms with Gasteiger partial charge in [0, 0.05) is 23.5 Å². The zero-order chi connectivity index (χ0) is 15.2. The summed E-state index contributed by atoms with van der Waals surface area (Å²) < 4.78 is 1.02. The molecule has 0 amide bonds. The summed E-state index contributed by atoms with van der Waals surface area (Å²) in [6.45, 7) is 2.02. The minimum Gasteiger partial charge on any atom is -0.289 e. The number of aryl methyl sites for hydroxylation is 1. The zero-order valence-electron chi connectivity index (χ0n) is 12.3. The molecule has 0 aliphatic rings. The summed E-state index contributed by atoms with van der Waals surface area (Å²) in [6, 6.07) is 11.5. The van der Waals surface area contributed by atoms with Crippen LogP contribution < -0.4 is 0 Å². The maximum Gasteiger partial charge on any atom is 0.195 e. The molecule has 2 aromatic rings. The van der Waals surface area contributed by atoms with Crippen molar-refractivity contribution in [3.63, 3.8) is 0 Å². The van der Waals surface area contributed by atoms with Crippen LogP contribution in [0, 0.1) is 6.92 Å². The van der Waals surface area contributed by atoms with Crippen LogP contribution in [0.3, 0.4) is 0 Å². The fraction of sp³-hybridized carbons (Fsp3) is 0.176. The van der Waals surface area contributed by atoms with E-state index in [4.69, 9.17) is 0 Å². The van der Waals surface area contributed by atoms with Gasteiger partial charge in [-0.25, -0.2) is 0 Å². The van der Waals surface area contributed by atoms with Gasteiger partial charge in [-0.2, -0.15) is 0 Å². The topological polar surface area (TPSA) is 30.0 Å². The van der Waals surface area contributed by atoms with Crippen molar-refractivity contribution >= 4 is 34.9 Å². The average molecular weight is 315 g/mol. The van der Waals surface area contributed by atoms with Crippen LogP contribution in [0.1, 0.15) is 21.5 Å². The number of nitrogens with zero attached hydrogens (tertiary/aromatic N) is 1. The molecule has 2 rings (SSSR count). The minimum absolute atomic E-state index is 0.0555. The van der Waals surface area contributed by atoms with E-state index in [0.717, 1.165) is 20.9 Å². The standard InChI is InChI=1S/C17H17NOS2/c1-12-4-6-14(7-5-12)16(19)15(17(20-2)21-3)13-8-10-18-11-9-13/h4-11H,1-3H3. The summed E-state index contributed by atoms with van der Waals surface area (Å²) >= 11 is 3.20. The van der Waals surface area contributed by atoms with Gasteiger partial charge in [0.2, 0.25) is 0 Å². The van der Waals surface area contributed by atoms with E-state index >= 15 is 0 Å². The van der Waals surface area contributed by atoms with Crippen molar-refractivity contribution in [2.24, 2.45) is 0 Å². The first-order valence-electron chi connectivity index (χ1n) is 6.51. The molecular weight excluding hydrogens is 298 g/mol. The first-order valence-corrected chi connectivity index (χ1v) is 8.96. The quantitative estimate of drug-likeness (QED) is 0.592. The van der Waals surface area contributed by atoms with E-state index in [2.05, 4.69) is 4.98 Å². The van der Waals surface area contributed by atoms with Crippen LogP contribution in [0.15, 0.2) is 53.0 Å². The lowest BCUT2D eigenvalue weighted by atomic mass is 9.98. The molecule has 4 heteroatoms. The minimum atomic E-state index is 0.0555. The second-order valence-corrected chi connectivity index (χ2v) is 6.39. The summed E-state index contributed by atoms with van der Waals surface area (Å²) in [5, 5.41) is 0. The molecule has 1 aromatic carbocycles. The maximum absolute atomic E-state index is 12.9. The summed E-state index contributed by atoms with van der Waals surface area (Å²) in [5.74, 6) is 0.0555. The van der Waals surface area contributed by atoms with E-state index in [1.807, 2.05) is 55.8 Å². The van der Waals surface area contributed by atoms with Gasteiger partial charge in [0.15, 0.2) is 5.78 Å². The Kier molecular flexibility index (Phi) is 5.65. The molecule has 108 valence electrons. The molecule has 1 aromatic heterocycles. The van der Waals surface area contributed by atoms with Crippen molar-refractivity contribution in [2.45, 2.75) is 6.92 Å². The van der Waals surface area contributed by atoms with Crippen molar-refractivity contribution < 1.29 is 4.79 Å². The van der Waals surface area contributed by atoms with E-state index in [1.54, 1.807) is 35.9 Å². The molecular formula is C17H17NOS2. The molecule has 2 nitrogen and oxygen atoms in total. The predicted molar refractivity (Wildman–Crippen MR) is 93.7 cm³/mol. The largest absolute Gasteiger partial charge is 0.289 e. The highest BCUT2D eigenvalue weighted by Gasteiger charge is 2.18. The molecule has 0 saturated heterocycles. The Labute approximate surface area is 134 Å². The van der Waals surface area contributed by atoms with Gasteiger partial charge in [-0.3, -0.25) is 9.78 Å². The van der Waals surface area contributed by atoms with Gasteiger partial charge in [-0.05, 0) is 37.1 Å². The number of allylic oxidation sites excluding steroid dienone is 1. The Morgan fingerprint density at radius 2 is 1.48 bits per heavy atom. The summed E-state index contributed by atoms with van der Waals surface area (Å²) in [5.41, 5.74) is 3.53. The third kappa shape index (κ3) is 3.77. The predicted octanol–water partition coefficient (Wildman–Crippen LogP) is 4.67. The molecule has 0 spiro atoms. The van der Waals surface area contributed by atoms with Crippen LogP contribution >= 0.6 is 23.5 Å². The van der Waals surface area contributed by atoms with Crippen LogP contribution in [0.5, 0.6) is 0 Å². The highest BCUT2D eigenvalue weighted by Crippen LogP contribution is 2.35. The van der Waals surface area contributed by atoms with E-state index in [1.165, 1.54) is 0 Å². The number of hydrogen-bond donors (Lipinski definition) is 0. The zero-order valence-corrected chi connectivity index (χ0v) is 13.9. The molecule has 0 fully saturated rings. The van der Waals surface area contributed by atoms with E-state index in [0.29, 0.717) is 5.56 Å². The third-order valence-corrected chi connectivity index (χ3v) is 5.23. The van der Waals surface area contributed by atoms with Gasteiger partial charge < -0.3 is 0 Å². The molecule has 0 aliphatic carbocycles. The summed E-state index contributed by atoms with van der Waals surface area (Å²) in [6.07, 6.45) is 7.43. The molecule has 0 atom stereocenters. The number of benzene rings is 1. The van der Waals surface area contributed by atoms with Crippen molar-refractivity contribution in [1.82, 2.24) is 4.98 Å². The summed E-state index contributed by atoms with van der Waals surface area (Å²) in [4.78, 5) is 16.9. The van der Waals surface area contributed by atoms with Gasteiger partial charge in [0.1, 0.15) is 0 Å². The van der Waals surface area contributed by atoms with Gasteiger partial charge in [0.25, 0.3) is 0 Å². The lowest BCUT2D eigenvalue weighted by molar-refractivity contribution is 0.105. The van der Waals surface area contributed by atoms with Crippen LogP contribution in [-0.4, -0.2) is 23.3 Å². The molecule has 21 heavy (non-hydrogen) atoms. The molecule has 0 bridgehead atoms. The molecule has 0 aliphatic heterocycles. The fourth-order valence-electron chi connectivity index (χ4n) is 2.00. The highest BCUT2D eigenvalue weighted by atomic mass is 32.2. The number of aromatic nitrogens is 1. The smallest absolute Gasteiger partial charge is 0.195 e. The highest BCUT2D eigenvalue weighted by molar-refractivity contribution is 8.22. The van der Waals surface area contributed by atoms with Gasteiger partial charge in [-0.15, -0.1) is 23.5 Å². The van der Waals surface area contributed by atoms with Crippen molar-refractivity contribution in [1.29, 1.82) is 0 Å². The van der Waals surface area contributed by atoms with Crippen LogP contribution in [0.4, 0.5) is 0 Å². The van der Waals surface area contributed by atoms with E-state index in [-0.39, 0.29) is 5.78 Å². The maximum atomic E-state index is 12.9. The van der Waals surface area contributed by atoms with E-state index < -0.39 is 0 Å². The fourth-order valence-corrected chi connectivity index (χ4v) is 3.49. The van der Waals surface area contributed by atoms with Gasteiger partial charge in [0.05, 0.1) is 4.24 Å². The lowest BCUT2D eigenvalue weighted by Gasteiger charge is -2.12. The number of hydrogen-bond acceptors (Lipinski definition) is 4. The monoisotopic (exact) mass is 315 g/mol. The average Bonchev–Trinajstić information content (AvgIpc) is 2.53. The normalized spacial score (nSPS) is 10.2. The molecule has 1 heterocycles. The van der Waals surface area contributed by atoms with Crippen LogP contribution in [0.2, 0.25) is 0 Å². The molecule has 0 N–H and O–H groups in total. The Bertz CT molecular complexity index is 642. The first-order chi connectivity index (χ1) is 10.2. The SMILES string of the molecule is CSC(SC)=C(C(=O)c1ccc(C)cc1)c1ccncc1. The van der Waals surface area contributed by atoms with Gasteiger partial charge in [-0.1, -0.05) is 29.8 Å². The lowest BCUT2D eigenvalue weighted by Crippen LogP contribution is -2.04. The molecule has 0 unspecified atom stereocenters. The number of thioether (sulfide) groups is 2. The van der Waals surface area contributed by atoms with Crippen molar-refractivity contribution in [3.05, 3.63) is 69.7 Å². The van der Waals surface area contributed by atoms with Crippen molar-refractivity contribution in [2.75, 3.05) is 12.5 Å². The number of carbonyl (C=O) groups excluding carboxylic acids is 1. The third-order valence-electron chi connectivity index (χ3n) is 3.08. The molecule has 0 saturated carbocycles. The van der Waals surface area contributed by atoms with E-state index in [9.17, 15) is 4.79 Å². The summed E-state index contributed by atoms with van der Waals surface area (Å²) in [7, 11) is 0. The van der Waals surface area contributed by atoms with Crippen LogP contribution in [0.25, 0.3) is 5.57 Å². The van der Waals surface area contributed by atoms with Gasteiger partial charge >= 0.3 is 0 Å². The number of carbonyl (C=O) groups is 1. The Morgan fingerprint density at radius 3 is 2.00 bits per heavy atom. The number of rotatable bonds is 5. The number of Topliss-reactive ketones (excluding diaryl/α,β-unsaturated/α-hetero) is 1. The van der Waals surface area contributed by atoms with Crippen LogP contribution in [-0.2, 0) is 0 Å². The molecule has 0 radical (unpaired) electrons. The Hall–Kier alpha value is -1.52. The first kappa shape index (κ1) is 15.9.